The van der Waals surface area contributed by atoms with Crippen molar-refractivity contribution in [1.29, 1.82) is 0 Å². The molecule has 0 radical (unpaired) electrons. The molecule has 1 amide bonds. The monoisotopic (exact) mass is 543 g/mol. The quantitative estimate of drug-likeness (QED) is 0.185. The standard InChI is InChI=1S/C36H50NOP/c1-36(2,3)29-30-23-25-31(26-24-30)35(38)37-27-15-4-5-16-28-39(32-17-9-6-10-18-32,33-19-11-7-12-20-33)34-21-13-8-14-22-34/h6-14,17-22,30-31,39H,4-5,15-16,23-29H2,1-3H3,(H,37,38). The van der Waals surface area contributed by atoms with Gasteiger partial charge in [0.25, 0.3) is 0 Å². The molecule has 3 aromatic carbocycles. The molecule has 1 aliphatic carbocycles. The third kappa shape index (κ3) is 8.28. The summed E-state index contributed by atoms with van der Waals surface area (Å²) in [4.78, 5) is 12.8. The van der Waals surface area contributed by atoms with E-state index in [9.17, 15) is 4.79 Å². The van der Waals surface area contributed by atoms with Gasteiger partial charge in [0.1, 0.15) is 0 Å². The second-order valence-electron chi connectivity index (χ2n) is 12.9. The summed E-state index contributed by atoms with van der Waals surface area (Å²) in [6.45, 7) is 7.82. The Balaban J connectivity index is 1.28. The fourth-order valence-electron chi connectivity index (χ4n) is 6.82. The van der Waals surface area contributed by atoms with Gasteiger partial charge in [-0.2, -0.15) is 0 Å². The van der Waals surface area contributed by atoms with Crippen molar-refractivity contribution in [3.05, 3.63) is 91.0 Å². The number of carbonyl (C=O) groups excluding carboxylic acids is 1. The molecule has 0 heterocycles. The van der Waals surface area contributed by atoms with E-state index in [0.717, 1.165) is 31.7 Å². The van der Waals surface area contributed by atoms with Gasteiger partial charge >= 0.3 is 206 Å². The molecule has 1 aliphatic rings. The van der Waals surface area contributed by atoms with Crippen molar-refractivity contribution < 1.29 is 4.79 Å². The molecule has 1 saturated carbocycles. The molecule has 0 spiro atoms. The average Bonchev–Trinajstić information content (AvgIpc) is 2.95. The van der Waals surface area contributed by atoms with Gasteiger partial charge < -0.3 is 0 Å². The summed E-state index contributed by atoms with van der Waals surface area (Å²) in [6, 6.07) is 33.6. The van der Waals surface area contributed by atoms with E-state index in [4.69, 9.17) is 0 Å². The van der Waals surface area contributed by atoms with Gasteiger partial charge in [0, 0.05) is 0 Å². The van der Waals surface area contributed by atoms with Crippen molar-refractivity contribution in [3.8, 4) is 0 Å². The van der Waals surface area contributed by atoms with Crippen LogP contribution < -0.4 is 21.2 Å². The Morgan fingerprint density at radius 3 is 1.62 bits per heavy atom. The minimum absolute atomic E-state index is 0.232. The van der Waals surface area contributed by atoms with Gasteiger partial charge in [-0.15, -0.1) is 0 Å². The van der Waals surface area contributed by atoms with Crippen molar-refractivity contribution >= 4 is 29.1 Å². The van der Waals surface area contributed by atoms with Gasteiger partial charge in [-0.25, -0.2) is 0 Å². The van der Waals surface area contributed by atoms with Crippen LogP contribution >= 0.6 is 7.26 Å². The third-order valence-corrected chi connectivity index (χ3v) is 13.8. The van der Waals surface area contributed by atoms with Crippen LogP contribution in [0.15, 0.2) is 91.0 Å². The predicted molar refractivity (Wildman–Crippen MR) is 172 cm³/mol. The number of nitrogens with one attached hydrogen (secondary N) is 1. The SMILES string of the molecule is CC(C)(C)CC1CCC(C(=O)NCCCCCC[PH](c2ccccc2)(c2ccccc2)c2ccccc2)CC1. The first-order chi connectivity index (χ1) is 18.9. The fraction of sp³-hybridized carbons (Fsp3) is 0.472. The number of hydrogen-bond acceptors (Lipinski definition) is 1. The zero-order valence-corrected chi connectivity index (χ0v) is 25.5. The summed E-state index contributed by atoms with van der Waals surface area (Å²) >= 11 is 0. The molecule has 2 nitrogen and oxygen atoms in total. The van der Waals surface area contributed by atoms with E-state index in [0.29, 0.717) is 11.3 Å². The molecule has 1 fully saturated rings. The Morgan fingerprint density at radius 1 is 0.692 bits per heavy atom. The molecule has 0 aliphatic heterocycles. The molecule has 0 saturated heterocycles. The van der Waals surface area contributed by atoms with Crippen LogP contribution in [0, 0.1) is 17.3 Å². The molecule has 3 heteroatoms. The minimum atomic E-state index is -2.12. The summed E-state index contributed by atoms with van der Waals surface area (Å²) in [5, 5.41) is 7.75. The van der Waals surface area contributed by atoms with Gasteiger partial charge in [0.15, 0.2) is 0 Å². The van der Waals surface area contributed by atoms with E-state index in [-0.39, 0.29) is 5.92 Å². The predicted octanol–water partition coefficient (Wildman–Crippen LogP) is 7.63. The summed E-state index contributed by atoms with van der Waals surface area (Å²) in [6.07, 6.45) is 11.7. The summed E-state index contributed by atoms with van der Waals surface area (Å²) in [7, 11) is -2.12. The van der Waals surface area contributed by atoms with Gasteiger partial charge in [-0.05, 0) is 11.8 Å². The number of rotatable bonds is 12. The molecule has 39 heavy (non-hydrogen) atoms. The molecule has 0 atom stereocenters. The molecular formula is C36H50NOP. The Hall–Kier alpha value is -2.44. The van der Waals surface area contributed by atoms with Crippen molar-refractivity contribution in [1.82, 2.24) is 5.32 Å². The van der Waals surface area contributed by atoms with Crippen LogP contribution in [0.4, 0.5) is 0 Å². The zero-order chi connectivity index (χ0) is 27.6. The number of unbranched alkanes of at least 4 members (excludes halogenated alkanes) is 3. The van der Waals surface area contributed by atoms with E-state index in [2.05, 4.69) is 117 Å². The van der Waals surface area contributed by atoms with Gasteiger partial charge in [0.2, 0.25) is 0 Å². The fourth-order valence-corrected chi connectivity index (χ4v) is 11.8. The second kappa shape index (κ2) is 14.3. The molecule has 0 aromatic heterocycles. The second-order valence-corrected chi connectivity index (χ2v) is 17.0. The first kappa shape index (κ1) is 29.5. The summed E-state index contributed by atoms with van der Waals surface area (Å²) < 4.78 is 0. The number of carbonyl (C=O) groups is 1. The van der Waals surface area contributed by atoms with Gasteiger partial charge in [-0.3, -0.25) is 0 Å². The van der Waals surface area contributed by atoms with Crippen LogP contribution in [0.2, 0.25) is 0 Å². The van der Waals surface area contributed by atoms with E-state index >= 15 is 0 Å². The van der Waals surface area contributed by atoms with Crippen LogP contribution in [-0.4, -0.2) is 18.6 Å². The molecule has 3 aromatic rings. The van der Waals surface area contributed by atoms with Crippen molar-refractivity contribution in [2.45, 2.75) is 78.6 Å². The Labute approximate surface area is 238 Å². The van der Waals surface area contributed by atoms with E-state index in [1.54, 1.807) is 0 Å². The van der Waals surface area contributed by atoms with Crippen LogP contribution in [0.1, 0.15) is 78.6 Å². The van der Waals surface area contributed by atoms with Crippen LogP contribution in [0.25, 0.3) is 0 Å². The van der Waals surface area contributed by atoms with E-state index < -0.39 is 7.26 Å². The normalized spacial score (nSPS) is 18.4. The summed E-state index contributed by atoms with van der Waals surface area (Å²) in [5.74, 6) is 1.33. The van der Waals surface area contributed by atoms with Crippen LogP contribution in [0.5, 0.6) is 0 Å². The molecule has 1 N–H and O–H groups in total. The maximum atomic E-state index is 12.8. The number of amides is 1. The zero-order valence-electron chi connectivity index (χ0n) is 24.5. The first-order valence-electron chi connectivity index (χ1n) is 15.3. The Morgan fingerprint density at radius 2 is 1.15 bits per heavy atom. The first-order valence-corrected chi connectivity index (χ1v) is 17.5. The molecule has 210 valence electrons. The number of benzene rings is 3. The van der Waals surface area contributed by atoms with Crippen LogP contribution in [-0.2, 0) is 4.79 Å². The molecule has 0 bridgehead atoms. The summed E-state index contributed by atoms with van der Waals surface area (Å²) in [5.41, 5.74) is 0.394. The Kier molecular flexibility index (Phi) is 10.8. The van der Waals surface area contributed by atoms with E-state index in [1.165, 1.54) is 60.6 Å². The number of hydrogen-bond donors (Lipinski definition) is 1. The van der Waals surface area contributed by atoms with E-state index in [1.807, 2.05) is 0 Å². The molecular weight excluding hydrogens is 493 g/mol. The van der Waals surface area contributed by atoms with Gasteiger partial charge in [0.05, 0.1) is 0 Å². The topological polar surface area (TPSA) is 29.1 Å². The maximum absolute atomic E-state index is 12.8. The molecule has 0 unspecified atom stereocenters. The van der Waals surface area contributed by atoms with Crippen molar-refractivity contribution in [2.75, 3.05) is 12.7 Å². The van der Waals surface area contributed by atoms with Crippen molar-refractivity contribution in [2.24, 2.45) is 17.3 Å². The third-order valence-electron chi connectivity index (χ3n) is 8.70. The van der Waals surface area contributed by atoms with Crippen LogP contribution in [0.3, 0.4) is 0 Å². The van der Waals surface area contributed by atoms with Gasteiger partial charge in [-0.1, -0.05) is 20.8 Å². The Bertz CT molecular complexity index is 1020. The van der Waals surface area contributed by atoms with Crippen molar-refractivity contribution in [3.63, 3.8) is 0 Å². The average molecular weight is 544 g/mol. The molecule has 4 rings (SSSR count).